The van der Waals surface area contributed by atoms with Crippen molar-refractivity contribution in [2.75, 3.05) is 31.2 Å². The minimum absolute atomic E-state index is 0.208. The molecular formula is C22H24N6O2. The number of nitrogens with zero attached hydrogens (tertiary/aromatic N) is 6. The molecule has 3 aromatic rings. The molecule has 30 heavy (non-hydrogen) atoms. The number of benzene rings is 1. The van der Waals surface area contributed by atoms with Crippen LogP contribution in [-0.4, -0.2) is 52.5 Å². The number of hydrogen-bond donors (Lipinski definition) is 0. The minimum Gasteiger partial charge on any atom is -0.455 e. The molecule has 0 spiro atoms. The lowest BCUT2D eigenvalue weighted by Gasteiger charge is -2.28. The van der Waals surface area contributed by atoms with Crippen molar-refractivity contribution in [1.82, 2.24) is 19.9 Å². The summed E-state index contributed by atoms with van der Waals surface area (Å²) in [6.07, 6.45) is 5.23. The Bertz CT molecular complexity index is 990. The SMILES string of the molecule is Cc1cccc(C=NCc2cc(N3CCOCC3)nc(OCc3ncccn3)n2)c1. The van der Waals surface area contributed by atoms with Crippen LogP contribution in [0.4, 0.5) is 5.82 Å². The maximum atomic E-state index is 5.79. The summed E-state index contributed by atoms with van der Waals surface area (Å²) in [4.78, 5) is 24.2. The first-order valence-electron chi connectivity index (χ1n) is 9.92. The summed E-state index contributed by atoms with van der Waals surface area (Å²) >= 11 is 0. The van der Waals surface area contributed by atoms with Crippen LogP contribution in [0, 0.1) is 6.92 Å². The molecule has 1 aliphatic heterocycles. The van der Waals surface area contributed by atoms with Gasteiger partial charge in [-0.1, -0.05) is 29.8 Å². The molecule has 8 nitrogen and oxygen atoms in total. The molecule has 1 saturated heterocycles. The van der Waals surface area contributed by atoms with E-state index in [1.54, 1.807) is 18.5 Å². The molecule has 0 radical (unpaired) electrons. The van der Waals surface area contributed by atoms with Gasteiger partial charge in [0, 0.05) is 37.8 Å². The summed E-state index contributed by atoms with van der Waals surface area (Å²) in [5.74, 6) is 1.40. The lowest BCUT2D eigenvalue weighted by molar-refractivity contribution is 0.122. The largest absolute Gasteiger partial charge is 0.455 e. The van der Waals surface area contributed by atoms with E-state index >= 15 is 0 Å². The fourth-order valence-corrected chi connectivity index (χ4v) is 3.09. The van der Waals surface area contributed by atoms with Crippen LogP contribution < -0.4 is 9.64 Å². The lowest BCUT2D eigenvalue weighted by atomic mass is 10.1. The highest BCUT2D eigenvalue weighted by atomic mass is 16.5. The summed E-state index contributed by atoms with van der Waals surface area (Å²) in [5.41, 5.74) is 3.06. The van der Waals surface area contributed by atoms with Crippen molar-refractivity contribution in [2.24, 2.45) is 4.99 Å². The third kappa shape index (κ3) is 5.57. The Balaban J connectivity index is 1.51. The van der Waals surface area contributed by atoms with Crippen molar-refractivity contribution in [3.63, 3.8) is 0 Å². The van der Waals surface area contributed by atoms with Gasteiger partial charge in [-0.05, 0) is 18.6 Å². The first-order chi connectivity index (χ1) is 14.8. The summed E-state index contributed by atoms with van der Waals surface area (Å²) in [6, 6.07) is 12.2. The predicted molar refractivity (Wildman–Crippen MR) is 114 cm³/mol. The van der Waals surface area contributed by atoms with Crippen LogP contribution in [0.25, 0.3) is 0 Å². The molecule has 0 saturated carbocycles. The third-order valence-electron chi connectivity index (χ3n) is 4.57. The topological polar surface area (TPSA) is 85.6 Å². The molecule has 2 aromatic heterocycles. The standard InChI is InChI=1S/C22H24N6O2/c1-17-4-2-5-18(12-17)14-23-15-19-13-21(28-8-10-29-11-9-28)27-22(26-19)30-16-20-24-6-3-7-25-20/h2-7,12-14H,8-11,15-16H2,1H3. The Hall–Kier alpha value is -3.39. The van der Waals surface area contributed by atoms with Crippen molar-refractivity contribution in [1.29, 1.82) is 0 Å². The number of morpholine rings is 1. The monoisotopic (exact) mass is 404 g/mol. The van der Waals surface area contributed by atoms with Crippen LogP contribution in [0.15, 0.2) is 53.8 Å². The Morgan fingerprint density at radius 2 is 1.93 bits per heavy atom. The van der Waals surface area contributed by atoms with Crippen LogP contribution in [0.3, 0.4) is 0 Å². The van der Waals surface area contributed by atoms with Gasteiger partial charge < -0.3 is 14.4 Å². The van der Waals surface area contributed by atoms with E-state index in [0.29, 0.717) is 31.6 Å². The molecule has 0 unspecified atom stereocenters. The molecule has 0 aliphatic carbocycles. The highest BCUT2D eigenvalue weighted by molar-refractivity contribution is 5.79. The van der Waals surface area contributed by atoms with Gasteiger partial charge in [0.25, 0.3) is 0 Å². The Morgan fingerprint density at radius 3 is 2.73 bits per heavy atom. The molecular weight excluding hydrogens is 380 g/mol. The van der Waals surface area contributed by atoms with E-state index in [-0.39, 0.29) is 6.61 Å². The second-order valence-corrected chi connectivity index (χ2v) is 6.94. The summed E-state index contributed by atoms with van der Waals surface area (Å²) in [5, 5.41) is 0. The summed E-state index contributed by atoms with van der Waals surface area (Å²) < 4.78 is 11.2. The number of aromatic nitrogens is 4. The molecule has 3 heterocycles. The van der Waals surface area contributed by atoms with Crippen molar-refractivity contribution < 1.29 is 9.47 Å². The predicted octanol–water partition coefficient (Wildman–Crippen LogP) is 2.61. The van der Waals surface area contributed by atoms with Gasteiger partial charge in [0.15, 0.2) is 12.4 Å². The normalized spacial score (nSPS) is 14.2. The maximum Gasteiger partial charge on any atom is 0.319 e. The Labute approximate surface area is 175 Å². The molecule has 0 N–H and O–H groups in total. The van der Waals surface area contributed by atoms with Crippen LogP contribution in [-0.2, 0) is 17.9 Å². The van der Waals surface area contributed by atoms with Gasteiger partial charge in [-0.15, -0.1) is 0 Å². The highest BCUT2D eigenvalue weighted by Crippen LogP contribution is 2.19. The lowest BCUT2D eigenvalue weighted by Crippen LogP contribution is -2.36. The van der Waals surface area contributed by atoms with E-state index in [0.717, 1.165) is 30.2 Å². The van der Waals surface area contributed by atoms with Crippen molar-refractivity contribution in [3.8, 4) is 6.01 Å². The number of aliphatic imine (C=N–C) groups is 1. The van der Waals surface area contributed by atoms with Gasteiger partial charge in [-0.3, -0.25) is 4.99 Å². The number of ether oxygens (including phenoxy) is 2. The Kier molecular flexibility index (Phi) is 6.56. The van der Waals surface area contributed by atoms with E-state index in [1.165, 1.54) is 5.56 Å². The second kappa shape index (κ2) is 9.89. The van der Waals surface area contributed by atoms with E-state index in [2.05, 4.69) is 48.9 Å². The molecule has 0 bridgehead atoms. The van der Waals surface area contributed by atoms with Gasteiger partial charge in [-0.2, -0.15) is 9.97 Å². The minimum atomic E-state index is 0.208. The molecule has 154 valence electrons. The fraction of sp³-hybridized carbons (Fsp3) is 0.318. The van der Waals surface area contributed by atoms with Crippen LogP contribution >= 0.6 is 0 Å². The second-order valence-electron chi connectivity index (χ2n) is 6.94. The van der Waals surface area contributed by atoms with Crippen LogP contribution in [0.1, 0.15) is 22.6 Å². The number of rotatable bonds is 7. The highest BCUT2D eigenvalue weighted by Gasteiger charge is 2.15. The van der Waals surface area contributed by atoms with Gasteiger partial charge in [-0.25, -0.2) is 9.97 Å². The smallest absolute Gasteiger partial charge is 0.319 e. The third-order valence-corrected chi connectivity index (χ3v) is 4.57. The van der Waals surface area contributed by atoms with Crippen molar-refractivity contribution >= 4 is 12.0 Å². The van der Waals surface area contributed by atoms with Crippen LogP contribution in [0.2, 0.25) is 0 Å². The van der Waals surface area contributed by atoms with E-state index in [9.17, 15) is 0 Å². The average Bonchev–Trinajstić information content (AvgIpc) is 2.79. The zero-order chi connectivity index (χ0) is 20.6. The molecule has 8 heteroatoms. The molecule has 4 rings (SSSR count). The maximum absolute atomic E-state index is 5.79. The van der Waals surface area contributed by atoms with Crippen molar-refractivity contribution in [2.45, 2.75) is 20.1 Å². The molecule has 1 aromatic carbocycles. The van der Waals surface area contributed by atoms with Gasteiger partial charge >= 0.3 is 6.01 Å². The first-order valence-corrected chi connectivity index (χ1v) is 9.92. The zero-order valence-corrected chi connectivity index (χ0v) is 16.9. The number of aryl methyl sites for hydroxylation is 1. The van der Waals surface area contributed by atoms with E-state index < -0.39 is 0 Å². The van der Waals surface area contributed by atoms with Gasteiger partial charge in [0.05, 0.1) is 25.5 Å². The molecule has 0 atom stereocenters. The molecule has 1 fully saturated rings. The van der Waals surface area contributed by atoms with E-state index in [1.807, 2.05) is 24.4 Å². The average molecular weight is 404 g/mol. The summed E-state index contributed by atoms with van der Waals surface area (Å²) in [6.45, 7) is 5.63. The molecule has 0 amide bonds. The van der Waals surface area contributed by atoms with Crippen LogP contribution in [0.5, 0.6) is 6.01 Å². The van der Waals surface area contributed by atoms with Crippen molar-refractivity contribution in [3.05, 3.63) is 71.4 Å². The van der Waals surface area contributed by atoms with Gasteiger partial charge in [0.1, 0.15) is 5.82 Å². The first kappa shape index (κ1) is 19.9. The molecule has 1 aliphatic rings. The van der Waals surface area contributed by atoms with E-state index in [4.69, 9.17) is 9.47 Å². The number of anilines is 1. The van der Waals surface area contributed by atoms with Gasteiger partial charge in [0.2, 0.25) is 0 Å². The quantitative estimate of drug-likeness (QED) is 0.560. The Morgan fingerprint density at radius 1 is 1.10 bits per heavy atom. The summed E-state index contributed by atoms with van der Waals surface area (Å²) in [7, 11) is 0. The zero-order valence-electron chi connectivity index (χ0n) is 16.9. The number of hydrogen-bond acceptors (Lipinski definition) is 8. The fourth-order valence-electron chi connectivity index (χ4n) is 3.09.